The SMILES string of the molecule is CC(C)n1ccn(CCC2OCCCO2)c1=O. The van der Waals surface area contributed by atoms with Gasteiger partial charge in [0.1, 0.15) is 0 Å². The maximum Gasteiger partial charge on any atom is 0.328 e. The number of imidazole rings is 1. The third-order valence-electron chi connectivity index (χ3n) is 2.93. The Morgan fingerprint density at radius 3 is 2.65 bits per heavy atom. The molecule has 17 heavy (non-hydrogen) atoms. The van der Waals surface area contributed by atoms with Crippen molar-refractivity contribution in [3.05, 3.63) is 22.9 Å². The molecule has 0 saturated carbocycles. The number of nitrogens with zero attached hydrogens (tertiary/aromatic N) is 2. The molecule has 2 heterocycles. The highest BCUT2D eigenvalue weighted by molar-refractivity contribution is 4.83. The summed E-state index contributed by atoms with van der Waals surface area (Å²) >= 11 is 0. The summed E-state index contributed by atoms with van der Waals surface area (Å²) < 4.78 is 14.3. The molecule has 0 N–H and O–H groups in total. The van der Waals surface area contributed by atoms with Crippen molar-refractivity contribution in [2.45, 2.75) is 45.6 Å². The van der Waals surface area contributed by atoms with Crippen molar-refractivity contribution in [1.82, 2.24) is 9.13 Å². The second-order valence-corrected chi connectivity index (χ2v) is 4.59. The Morgan fingerprint density at radius 1 is 1.35 bits per heavy atom. The summed E-state index contributed by atoms with van der Waals surface area (Å²) in [6.07, 6.45) is 5.18. The Balaban J connectivity index is 1.92. The molecule has 0 amide bonds. The third-order valence-corrected chi connectivity index (χ3v) is 2.93. The first-order valence-electron chi connectivity index (χ1n) is 6.19. The molecule has 0 radical (unpaired) electrons. The van der Waals surface area contributed by atoms with E-state index in [2.05, 4.69) is 0 Å². The van der Waals surface area contributed by atoms with Crippen LogP contribution in [0.2, 0.25) is 0 Å². The fourth-order valence-corrected chi connectivity index (χ4v) is 1.94. The molecule has 5 heteroatoms. The lowest BCUT2D eigenvalue weighted by atomic mass is 10.3. The van der Waals surface area contributed by atoms with Crippen LogP contribution in [0.5, 0.6) is 0 Å². The zero-order chi connectivity index (χ0) is 12.3. The van der Waals surface area contributed by atoms with Gasteiger partial charge in [0.05, 0.1) is 13.2 Å². The first-order valence-corrected chi connectivity index (χ1v) is 6.19. The van der Waals surface area contributed by atoms with Crippen molar-refractivity contribution in [2.75, 3.05) is 13.2 Å². The van der Waals surface area contributed by atoms with Crippen LogP contribution in [0.15, 0.2) is 17.2 Å². The Morgan fingerprint density at radius 2 is 2.06 bits per heavy atom. The zero-order valence-electron chi connectivity index (χ0n) is 10.5. The van der Waals surface area contributed by atoms with Gasteiger partial charge in [0, 0.05) is 31.4 Å². The van der Waals surface area contributed by atoms with Crippen LogP contribution < -0.4 is 5.69 Å². The van der Waals surface area contributed by atoms with Gasteiger partial charge in [0.25, 0.3) is 0 Å². The summed E-state index contributed by atoms with van der Waals surface area (Å²) in [5.74, 6) is 0. The van der Waals surface area contributed by atoms with E-state index in [0.29, 0.717) is 6.54 Å². The number of hydrogen-bond donors (Lipinski definition) is 0. The quantitative estimate of drug-likeness (QED) is 0.798. The van der Waals surface area contributed by atoms with E-state index < -0.39 is 0 Å². The smallest absolute Gasteiger partial charge is 0.328 e. The lowest BCUT2D eigenvalue weighted by Crippen LogP contribution is -2.29. The predicted octanol–water partition coefficient (Wildman–Crippen LogP) is 1.38. The van der Waals surface area contributed by atoms with Crippen LogP contribution in [0.25, 0.3) is 0 Å². The number of aryl methyl sites for hydroxylation is 1. The molecule has 1 aromatic rings. The monoisotopic (exact) mass is 240 g/mol. The molecule has 96 valence electrons. The summed E-state index contributed by atoms with van der Waals surface area (Å²) in [5, 5.41) is 0. The van der Waals surface area contributed by atoms with Gasteiger partial charge in [0.15, 0.2) is 6.29 Å². The van der Waals surface area contributed by atoms with Crippen LogP contribution in [0, 0.1) is 0 Å². The van der Waals surface area contributed by atoms with E-state index >= 15 is 0 Å². The van der Waals surface area contributed by atoms with Gasteiger partial charge in [-0.1, -0.05) is 0 Å². The molecule has 0 bridgehead atoms. The highest BCUT2D eigenvalue weighted by atomic mass is 16.7. The molecule has 1 saturated heterocycles. The van der Waals surface area contributed by atoms with Gasteiger partial charge in [-0.25, -0.2) is 4.79 Å². The highest BCUT2D eigenvalue weighted by Gasteiger charge is 2.15. The molecule has 1 aromatic heterocycles. The van der Waals surface area contributed by atoms with E-state index in [1.165, 1.54) is 0 Å². The van der Waals surface area contributed by atoms with Gasteiger partial charge >= 0.3 is 5.69 Å². The van der Waals surface area contributed by atoms with Crippen molar-refractivity contribution in [1.29, 1.82) is 0 Å². The lowest BCUT2D eigenvalue weighted by molar-refractivity contribution is -0.182. The molecule has 1 fully saturated rings. The van der Waals surface area contributed by atoms with E-state index in [-0.39, 0.29) is 18.0 Å². The Labute approximate surface area is 101 Å². The average molecular weight is 240 g/mol. The molecule has 5 nitrogen and oxygen atoms in total. The van der Waals surface area contributed by atoms with Crippen LogP contribution in [0.4, 0.5) is 0 Å². The molecular formula is C12H20N2O3. The summed E-state index contributed by atoms with van der Waals surface area (Å²) in [7, 11) is 0. The number of aromatic nitrogens is 2. The summed E-state index contributed by atoms with van der Waals surface area (Å²) in [4.78, 5) is 11.9. The topological polar surface area (TPSA) is 45.4 Å². The highest BCUT2D eigenvalue weighted by Crippen LogP contribution is 2.09. The molecule has 0 aromatic carbocycles. The summed E-state index contributed by atoms with van der Waals surface area (Å²) in [5.41, 5.74) is 0.0378. The molecule has 0 aliphatic carbocycles. The van der Waals surface area contributed by atoms with E-state index in [4.69, 9.17) is 9.47 Å². The number of ether oxygens (including phenoxy) is 2. The number of hydrogen-bond acceptors (Lipinski definition) is 3. The second-order valence-electron chi connectivity index (χ2n) is 4.59. The first kappa shape index (κ1) is 12.4. The Hall–Kier alpha value is -1.07. The fourth-order valence-electron chi connectivity index (χ4n) is 1.94. The molecule has 2 rings (SSSR count). The normalized spacial score (nSPS) is 17.8. The van der Waals surface area contributed by atoms with Crippen LogP contribution in [-0.4, -0.2) is 28.6 Å². The van der Waals surface area contributed by atoms with Gasteiger partial charge in [-0.05, 0) is 20.3 Å². The first-order chi connectivity index (χ1) is 8.18. The van der Waals surface area contributed by atoms with Gasteiger partial charge in [0.2, 0.25) is 0 Å². The van der Waals surface area contributed by atoms with Gasteiger partial charge in [-0.15, -0.1) is 0 Å². The second kappa shape index (κ2) is 5.51. The van der Waals surface area contributed by atoms with Crippen LogP contribution in [0.3, 0.4) is 0 Å². The number of rotatable bonds is 4. The minimum atomic E-state index is -0.155. The summed E-state index contributed by atoms with van der Waals surface area (Å²) in [6.45, 7) is 6.15. The van der Waals surface area contributed by atoms with Crippen molar-refractivity contribution in [3.8, 4) is 0 Å². The van der Waals surface area contributed by atoms with E-state index in [1.54, 1.807) is 9.13 Å². The fraction of sp³-hybridized carbons (Fsp3) is 0.750. The van der Waals surface area contributed by atoms with Crippen molar-refractivity contribution < 1.29 is 9.47 Å². The maximum absolute atomic E-state index is 11.9. The third kappa shape index (κ3) is 2.98. The lowest BCUT2D eigenvalue weighted by Gasteiger charge is -2.23. The Bertz CT molecular complexity index is 402. The molecular weight excluding hydrogens is 220 g/mol. The van der Waals surface area contributed by atoms with Crippen molar-refractivity contribution in [3.63, 3.8) is 0 Å². The molecule has 1 aliphatic rings. The minimum absolute atomic E-state index is 0.0378. The molecule has 0 unspecified atom stereocenters. The van der Waals surface area contributed by atoms with Gasteiger partial charge < -0.3 is 9.47 Å². The minimum Gasteiger partial charge on any atom is -0.353 e. The van der Waals surface area contributed by atoms with Crippen LogP contribution in [-0.2, 0) is 16.0 Å². The van der Waals surface area contributed by atoms with Crippen LogP contribution >= 0.6 is 0 Å². The van der Waals surface area contributed by atoms with E-state index in [0.717, 1.165) is 26.1 Å². The van der Waals surface area contributed by atoms with Gasteiger partial charge in [-0.3, -0.25) is 9.13 Å². The van der Waals surface area contributed by atoms with Crippen molar-refractivity contribution >= 4 is 0 Å². The van der Waals surface area contributed by atoms with Gasteiger partial charge in [-0.2, -0.15) is 0 Å². The largest absolute Gasteiger partial charge is 0.353 e. The van der Waals surface area contributed by atoms with Crippen molar-refractivity contribution in [2.24, 2.45) is 0 Å². The molecule has 0 atom stereocenters. The molecule has 1 aliphatic heterocycles. The zero-order valence-corrected chi connectivity index (χ0v) is 10.5. The summed E-state index contributed by atoms with van der Waals surface area (Å²) in [6, 6.07) is 0.200. The maximum atomic E-state index is 11.9. The molecule has 0 spiro atoms. The van der Waals surface area contributed by atoms with Crippen LogP contribution in [0.1, 0.15) is 32.7 Å². The average Bonchev–Trinajstić information content (AvgIpc) is 2.69. The van der Waals surface area contributed by atoms with E-state index in [9.17, 15) is 4.79 Å². The Kier molecular flexibility index (Phi) is 4.02. The predicted molar refractivity (Wildman–Crippen MR) is 64.0 cm³/mol. The van der Waals surface area contributed by atoms with E-state index in [1.807, 2.05) is 26.2 Å². The standard InChI is InChI=1S/C12H20N2O3/c1-10(2)14-7-6-13(12(14)15)5-4-11-16-8-3-9-17-11/h6-7,10-11H,3-5,8-9H2,1-2H3.